The predicted molar refractivity (Wildman–Crippen MR) is 87.4 cm³/mol. The molecule has 2 aliphatic heterocycles. The molecule has 2 amide bonds. The first-order valence-corrected chi connectivity index (χ1v) is 8.32. The molecule has 4 rings (SSSR count). The van der Waals surface area contributed by atoms with E-state index in [1.807, 2.05) is 0 Å². The molecule has 2 aromatic rings. The number of halogens is 3. The maximum Gasteiger partial charge on any atom is 0.418 e. The Balaban J connectivity index is 1.76. The zero-order valence-electron chi connectivity index (χ0n) is 12.6. The van der Waals surface area contributed by atoms with Crippen LogP contribution in [0.3, 0.4) is 0 Å². The van der Waals surface area contributed by atoms with Crippen molar-refractivity contribution in [3.05, 3.63) is 54.1 Å². The van der Waals surface area contributed by atoms with Gasteiger partial charge in [-0.2, -0.15) is 13.2 Å². The highest BCUT2D eigenvalue weighted by molar-refractivity contribution is 8.01. The Hall–Kier alpha value is -2.48. The van der Waals surface area contributed by atoms with Crippen LogP contribution in [0, 0.1) is 0 Å². The van der Waals surface area contributed by atoms with Gasteiger partial charge in [0.2, 0.25) is 5.91 Å². The first-order chi connectivity index (χ1) is 11.9. The summed E-state index contributed by atoms with van der Waals surface area (Å²) in [5.74, 6) is -1.31. The van der Waals surface area contributed by atoms with E-state index in [1.165, 1.54) is 23.9 Å². The number of imide groups is 1. The van der Waals surface area contributed by atoms with E-state index >= 15 is 0 Å². The van der Waals surface area contributed by atoms with E-state index in [1.54, 1.807) is 24.3 Å². The molecule has 1 fully saturated rings. The fourth-order valence-electron chi connectivity index (χ4n) is 3.04. The smallest absolute Gasteiger partial charge is 0.371 e. The second-order valence-electron chi connectivity index (χ2n) is 5.68. The van der Waals surface area contributed by atoms with Crippen molar-refractivity contribution in [3.8, 4) is 0 Å². The Morgan fingerprint density at radius 3 is 2.40 bits per heavy atom. The third-order valence-electron chi connectivity index (χ3n) is 4.16. The van der Waals surface area contributed by atoms with Crippen LogP contribution in [0.25, 0.3) is 0 Å². The lowest BCUT2D eigenvalue weighted by molar-refractivity contribution is -0.137. The number of fused-ring (bicyclic) bond motifs is 2. The predicted octanol–water partition coefficient (Wildman–Crippen LogP) is 3.53. The standard InChI is InChI=1S/C17H11F3N2O2S/c18-17(19,20)9-5-1-3-7-11(9)22-15(23)13-14(16(22)24)25-12-8-4-2-6-10(12)21-13/h1-8,13-14,21H/t13-,14+/m0/s1. The Labute approximate surface area is 145 Å². The van der Waals surface area contributed by atoms with Gasteiger partial charge in [-0.15, -0.1) is 11.8 Å². The number of anilines is 2. The number of carbonyl (C=O) groups is 2. The first kappa shape index (κ1) is 16.0. The van der Waals surface area contributed by atoms with Gasteiger partial charge in [0.25, 0.3) is 5.91 Å². The normalized spacial score (nSPS) is 22.4. The Morgan fingerprint density at radius 2 is 1.64 bits per heavy atom. The van der Waals surface area contributed by atoms with Gasteiger partial charge in [-0.3, -0.25) is 9.59 Å². The van der Waals surface area contributed by atoms with Gasteiger partial charge in [0.1, 0.15) is 11.3 Å². The minimum atomic E-state index is -4.66. The number of nitrogens with one attached hydrogen (secondary N) is 1. The van der Waals surface area contributed by atoms with Crippen LogP contribution in [0.5, 0.6) is 0 Å². The number of benzene rings is 2. The molecule has 4 nitrogen and oxygen atoms in total. The van der Waals surface area contributed by atoms with Crippen LogP contribution in [-0.4, -0.2) is 23.1 Å². The van der Waals surface area contributed by atoms with Crippen LogP contribution in [0.4, 0.5) is 24.5 Å². The van der Waals surface area contributed by atoms with E-state index in [-0.39, 0.29) is 0 Å². The minimum Gasteiger partial charge on any atom is -0.371 e. The largest absolute Gasteiger partial charge is 0.418 e. The molecule has 0 unspecified atom stereocenters. The molecule has 2 atom stereocenters. The molecular formula is C17H11F3N2O2S. The van der Waals surface area contributed by atoms with Gasteiger partial charge < -0.3 is 5.32 Å². The van der Waals surface area contributed by atoms with Gasteiger partial charge in [0, 0.05) is 10.6 Å². The van der Waals surface area contributed by atoms with E-state index < -0.39 is 40.5 Å². The third-order valence-corrected chi connectivity index (χ3v) is 5.49. The highest BCUT2D eigenvalue weighted by Crippen LogP contribution is 2.44. The highest BCUT2D eigenvalue weighted by Gasteiger charge is 2.52. The summed E-state index contributed by atoms with van der Waals surface area (Å²) in [5, 5.41) is 2.19. The quantitative estimate of drug-likeness (QED) is 0.787. The summed E-state index contributed by atoms with van der Waals surface area (Å²) < 4.78 is 39.8. The molecule has 128 valence electrons. The summed E-state index contributed by atoms with van der Waals surface area (Å²) in [6, 6.07) is 10.9. The summed E-state index contributed by atoms with van der Waals surface area (Å²) in [6.07, 6.45) is -4.66. The lowest BCUT2D eigenvalue weighted by atomic mass is 10.1. The zero-order valence-corrected chi connectivity index (χ0v) is 13.4. The van der Waals surface area contributed by atoms with E-state index in [2.05, 4.69) is 5.32 Å². The number of alkyl halides is 3. The topological polar surface area (TPSA) is 49.4 Å². The van der Waals surface area contributed by atoms with Crippen LogP contribution < -0.4 is 10.2 Å². The molecular weight excluding hydrogens is 353 g/mol. The molecule has 0 aliphatic carbocycles. The number of rotatable bonds is 1. The summed E-state index contributed by atoms with van der Waals surface area (Å²) in [4.78, 5) is 26.9. The highest BCUT2D eigenvalue weighted by atomic mass is 32.2. The van der Waals surface area contributed by atoms with Crippen molar-refractivity contribution in [2.24, 2.45) is 0 Å². The molecule has 0 radical (unpaired) electrons. The Kier molecular flexibility index (Phi) is 3.54. The van der Waals surface area contributed by atoms with Crippen LogP contribution in [0.15, 0.2) is 53.4 Å². The number of thioether (sulfide) groups is 1. The second kappa shape index (κ2) is 5.52. The van der Waals surface area contributed by atoms with Gasteiger partial charge in [0.05, 0.1) is 11.3 Å². The molecule has 8 heteroatoms. The monoisotopic (exact) mass is 364 g/mol. The van der Waals surface area contributed by atoms with Crippen molar-refractivity contribution in [3.63, 3.8) is 0 Å². The SMILES string of the molecule is O=C1[C@H]2Nc3ccccc3S[C@H]2C(=O)N1c1ccccc1C(F)(F)F. The van der Waals surface area contributed by atoms with Gasteiger partial charge in [-0.1, -0.05) is 24.3 Å². The molecule has 2 heterocycles. The fourth-order valence-corrected chi connectivity index (χ4v) is 4.25. The molecule has 0 saturated carbocycles. The van der Waals surface area contributed by atoms with Gasteiger partial charge >= 0.3 is 6.18 Å². The summed E-state index contributed by atoms with van der Waals surface area (Å²) in [7, 11) is 0. The number of hydrogen-bond donors (Lipinski definition) is 1. The number of amides is 2. The van der Waals surface area contributed by atoms with Crippen LogP contribution in [0.2, 0.25) is 0 Å². The van der Waals surface area contributed by atoms with Crippen molar-refractivity contribution < 1.29 is 22.8 Å². The zero-order chi connectivity index (χ0) is 17.8. The van der Waals surface area contributed by atoms with Crippen molar-refractivity contribution in [1.82, 2.24) is 0 Å². The van der Waals surface area contributed by atoms with E-state index in [0.717, 1.165) is 17.0 Å². The molecule has 1 N–H and O–H groups in total. The van der Waals surface area contributed by atoms with Gasteiger partial charge in [0.15, 0.2) is 0 Å². The lowest BCUT2D eigenvalue weighted by Crippen LogP contribution is -2.38. The van der Waals surface area contributed by atoms with Crippen molar-refractivity contribution >= 4 is 35.0 Å². The number of hydrogen-bond acceptors (Lipinski definition) is 4. The van der Waals surface area contributed by atoms with E-state index in [4.69, 9.17) is 0 Å². The van der Waals surface area contributed by atoms with Gasteiger partial charge in [-0.25, -0.2) is 4.90 Å². The average Bonchev–Trinajstić information content (AvgIpc) is 2.83. The first-order valence-electron chi connectivity index (χ1n) is 7.44. The molecule has 0 aromatic heterocycles. The second-order valence-corrected chi connectivity index (χ2v) is 6.87. The lowest BCUT2D eigenvalue weighted by Gasteiger charge is -2.25. The minimum absolute atomic E-state index is 0.425. The molecule has 0 bridgehead atoms. The van der Waals surface area contributed by atoms with Crippen LogP contribution >= 0.6 is 11.8 Å². The fraction of sp³-hybridized carbons (Fsp3) is 0.176. The molecule has 0 spiro atoms. The van der Waals surface area contributed by atoms with E-state index in [9.17, 15) is 22.8 Å². The summed E-state index contributed by atoms with van der Waals surface area (Å²) in [5.41, 5.74) is -0.732. The van der Waals surface area contributed by atoms with E-state index in [0.29, 0.717) is 10.6 Å². The average molecular weight is 364 g/mol. The summed E-state index contributed by atoms with van der Waals surface area (Å²) >= 11 is 1.20. The number of carbonyl (C=O) groups excluding carboxylic acids is 2. The summed E-state index contributed by atoms with van der Waals surface area (Å²) in [6.45, 7) is 0. The van der Waals surface area contributed by atoms with Crippen molar-refractivity contribution in [1.29, 1.82) is 0 Å². The molecule has 2 aromatic carbocycles. The van der Waals surface area contributed by atoms with Gasteiger partial charge in [-0.05, 0) is 24.3 Å². The van der Waals surface area contributed by atoms with Crippen LogP contribution in [-0.2, 0) is 15.8 Å². The Morgan fingerprint density at radius 1 is 0.960 bits per heavy atom. The van der Waals surface area contributed by atoms with Crippen molar-refractivity contribution in [2.75, 3.05) is 10.2 Å². The maximum atomic E-state index is 13.3. The molecule has 25 heavy (non-hydrogen) atoms. The number of para-hydroxylation sites is 2. The van der Waals surface area contributed by atoms with Crippen molar-refractivity contribution in [2.45, 2.75) is 22.4 Å². The van der Waals surface area contributed by atoms with Crippen LogP contribution in [0.1, 0.15) is 5.56 Å². The Bertz CT molecular complexity index is 841. The number of nitrogens with zero attached hydrogens (tertiary/aromatic N) is 1. The molecule has 2 aliphatic rings. The maximum absolute atomic E-state index is 13.3. The third kappa shape index (κ3) is 2.48. The molecule has 1 saturated heterocycles.